The SMILES string of the molecule is C=C1C=C(OC(C)C)c2cc(Br)ccc2C1=O. The van der Waals surface area contributed by atoms with Crippen molar-refractivity contribution in [3.63, 3.8) is 0 Å². The smallest absolute Gasteiger partial charge is 0.193 e. The molecule has 0 aliphatic heterocycles. The Hall–Kier alpha value is -1.35. The van der Waals surface area contributed by atoms with Gasteiger partial charge in [0.15, 0.2) is 5.78 Å². The van der Waals surface area contributed by atoms with Gasteiger partial charge in [-0.05, 0) is 38.1 Å². The van der Waals surface area contributed by atoms with Crippen molar-refractivity contribution in [1.29, 1.82) is 0 Å². The highest BCUT2D eigenvalue weighted by atomic mass is 79.9. The Labute approximate surface area is 109 Å². The largest absolute Gasteiger partial charge is 0.490 e. The highest BCUT2D eigenvalue weighted by Gasteiger charge is 2.23. The van der Waals surface area contributed by atoms with Gasteiger partial charge in [-0.15, -0.1) is 0 Å². The Morgan fingerprint density at radius 3 is 2.65 bits per heavy atom. The third-order valence-corrected chi connectivity index (χ3v) is 2.94. The van der Waals surface area contributed by atoms with Crippen LogP contribution in [0.1, 0.15) is 29.8 Å². The maximum absolute atomic E-state index is 11.9. The normalized spacial score (nSPS) is 14.7. The molecule has 0 bridgehead atoms. The van der Waals surface area contributed by atoms with E-state index in [2.05, 4.69) is 22.5 Å². The molecule has 0 atom stereocenters. The molecule has 3 heteroatoms. The molecule has 17 heavy (non-hydrogen) atoms. The highest BCUT2D eigenvalue weighted by molar-refractivity contribution is 9.10. The third kappa shape index (κ3) is 2.34. The van der Waals surface area contributed by atoms with Crippen molar-refractivity contribution in [2.45, 2.75) is 20.0 Å². The van der Waals surface area contributed by atoms with Crippen molar-refractivity contribution in [1.82, 2.24) is 0 Å². The van der Waals surface area contributed by atoms with Gasteiger partial charge in [0.2, 0.25) is 0 Å². The van der Waals surface area contributed by atoms with Gasteiger partial charge in [0.05, 0.1) is 6.10 Å². The first-order valence-electron chi connectivity index (χ1n) is 5.41. The standard InChI is InChI=1S/C14H13BrO2/c1-8(2)17-13-6-9(3)14(16)11-5-4-10(15)7-12(11)13/h4-8H,3H2,1-2H3. The van der Waals surface area contributed by atoms with E-state index < -0.39 is 0 Å². The van der Waals surface area contributed by atoms with E-state index in [1.54, 1.807) is 12.1 Å². The topological polar surface area (TPSA) is 26.3 Å². The van der Waals surface area contributed by atoms with Crippen LogP contribution in [-0.4, -0.2) is 11.9 Å². The fourth-order valence-corrected chi connectivity index (χ4v) is 2.11. The molecule has 0 heterocycles. The second-order valence-electron chi connectivity index (χ2n) is 4.22. The number of hydrogen-bond donors (Lipinski definition) is 0. The molecule has 0 aromatic heterocycles. The second kappa shape index (κ2) is 4.49. The number of ketones is 1. The van der Waals surface area contributed by atoms with Crippen molar-refractivity contribution >= 4 is 27.5 Å². The summed E-state index contributed by atoms with van der Waals surface area (Å²) in [5, 5.41) is 0. The highest BCUT2D eigenvalue weighted by Crippen LogP contribution is 2.32. The van der Waals surface area contributed by atoms with E-state index in [9.17, 15) is 4.79 Å². The predicted molar refractivity (Wildman–Crippen MR) is 71.8 cm³/mol. The van der Waals surface area contributed by atoms with Crippen LogP contribution in [-0.2, 0) is 4.74 Å². The van der Waals surface area contributed by atoms with Crippen LogP contribution < -0.4 is 0 Å². The van der Waals surface area contributed by atoms with Crippen LogP contribution in [0.2, 0.25) is 0 Å². The van der Waals surface area contributed by atoms with Gasteiger partial charge >= 0.3 is 0 Å². The van der Waals surface area contributed by atoms with Gasteiger partial charge in [-0.2, -0.15) is 0 Å². The minimum Gasteiger partial charge on any atom is -0.490 e. The molecule has 2 rings (SSSR count). The van der Waals surface area contributed by atoms with Gasteiger partial charge in [-0.25, -0.2) is 0 Å². The zero-order chi connectivity index (χ0) is 12.6. The monoisotopic (exact) mass is 292 g/mol. The molecular weight excluding hydrogens is 280 g/mol. The molecule has 0 unspecified atom stereocenters. The fourth-order valence-electron chi connectivity index (χ4n) is 1.74. The average Bonchev–Trinajstić information content (AvgIpc) is 2.25. The number of hydrogen-bond acceptors (Lipinski definition) is 2. The van der Waals surface area contributed by atoms with Gasteiger partial charge in [0, 0.05) is 21.2 Å². The summed E-state index contributed by atoms with van der Waals surface area (Å²) in [6.07, 6.45) is 1.77. The van der Waals surface area contributed by atoms with Crippen LogP contribution in [0.15, 0.2) is 40.9 Å². The molecule has 0 saturated carbocycles. The summed E-state index contributed by atoms with van der Waals surface area (Å²) in [5.41, 5.74) is 1.94. The lowest BCUT2D eigenvalue weighted by atomic mass is 9.92. The predicted octanol–water partition coefficient (Wildman–Crippen LogP) is 3.97. The van der Waals surface area contributed by atoms with E-state index in [0.717, 1.165) is 10.0 Å². The number of allylic oxidation sites excluding steroid dienone is 2. The van der Waals surface area contributed by atoms with E-state index in [1.807, 2.05) is 26.0 Å². The Kier molecular flexibility index (Phi) is 3.20. The molecule has 0 saturated heterocycles. The molecule has 0 amide bonds. The maximum atomic E-state index is 11.9. The van der Waals surface area contributed by atoms with Crippen LogP contribution in [0.3, 0.4) is 0 Å². The van der Waals surface area contributed by atoms with Crippen molar-refractivity contribution in [2.24, 2.45) is 0 Å². The Morgan fingerprint density at radius 1 is 1.29 bits per heavy atom. The number of halogens is 1. The second-order valence-corrected chi connectivity index (χ2v) is 5.14. The van der Waals surface area contributed by atoms with Gasteiger partial charge in [-0.3, -0.25) is 4.79 Å². The van der Waals surface area contributed by atoms with Crippen LogP contribution in [0.25, 0.3) is 5.76 Å². The quantitative estimate of drug-likeness (QED) is 0.771. The Balaban J connectivity index is 2.55. The molecule has 0 N–H and O–H groups in total. The zero-order valence-electron chi connectivity index (χ0n) is 9.79. The molecule has 2 nitrogen and oxygen atoms in total. The summed E-state index contributed by atoms with van der Waals surface area (Å²) in [5.74, 6) is 0.671. The lowest BCUT2D eigenvalue weighted by Gasteiger charge is -2.21. The van der Waals surface area contributed by atoms with Gasteiger partial charge < -0.3 is 4.74 Å². The first kappa shape index (κ1) is 12.1. The van der Waals surface area contributed by atoms with Crippen molar-refractivity contribution < 1.29 is 9.53 Å². The molecule has 1 aromatic carbocycles. The summed E-state index contributed by atoms with van der Waals surface area (Å²) >= 11 is 3.40. The van der Waals surface area contributed by atoms with E-state index in [1.165, 1.54) is 0 Å². The number of fused-ring (bicyclic) bond motifs is 1. The average molecular weight is 293 g/mol. The number of rotatable bonds is 2. The summed E-state index contributed by atoms with van der Waals surface area (Å²) in [7, 11) is 0. The minimum absolute atomic E-state index is 0.0383. The first-order chi connectivity index (χ1) is 7.99. The van der Waals surface area contributed by atoms with E-state index in [0.29, 0.717) is 16.9 Å². The fraction of sp³-hybridized carbons (Fsp3) is 0.214. The Morgan fingerprint density at radius 2 is 2.00 bits per heavy atom. The van der Waals surface area contributed by atoms with Gasteiger partial charge in [0.25, 0.3) is 0 Å². The van der Waals surface area contributed by atoms with Crippen LogP contribution in [0, 0.1) is 0 Å². The molecular formula is C14H13BrO2. The zero-order valence-corrected chi connectivity index (χ0v) is 11.4. The maximum Gasteiger partial charge on any atom is 0.193 e. The van der Waals surface area contributed by atoms with Crippen LogP contribution >= 0.6 is 15.9 Å². The molecule has 1 aliphatic carbocycles. The summed E-state index contributed by atoms with van der Waals surface area (Å²) in [6.45, 7) is 7.67. The summed E-state index contributed by atoms with van der Waals surface area (Å²) in [4.78, 5) is 11.9. The van der Waals surface area contributed by atoms with Crippen LogP contribution in [0.5, 0.6) is 0 Å². The first-order valence-corrected chi connectivity index (χ1v) is 6.20. The lowest BCUT2D eigenvalue weighted by molar-refractivity contribution is 0.103. The lowest BCUT2D eigenvalue weighted by Crippen LogP contribution is -2.13. The number of benzene rings is 1. The number of ether oxygens (including phenoxy) is 1. The van der Waals surface area contributed by atoms with Gasteiger partial charge in [0.1, 0.15) is 5.76 Å². The Bertz CT molecular complexity index is 527. The third-order valence-electron chi connectivity index (χ3n) is 2.45. The van der Waals surface area contributed by atoms with Crippen LogP contribution in [0.4, 0.5) is 0 Å². The molecule has 0 radical (unpaired) electrons. The summed E-state index contributed by atoms with van der Waals surface area (Å²) < 4.78 is 6.64. The summed E-state index contributed by atoms with van der Waals surface area (Å²) in [6, 6.07) is 5.54. The molecule has 88 valence electrons. The van der Waals surface area contributed by atoms with Gasteiger partial charge in [-0.1, -0.05) is 22.5 Å². The van der Waals surface area contributed by atoms with Crippen molar-refractivity contribution in [3.05, 3.63) is 52.0 Å². The number of carbonyl (C=O) groups is 1. The number of carbonyl (C=O) groups excluding carboxylic acids is 1. The molecule has 1 aromatic rings. The van der Waals surface area contributed by atoms with Crippen molar-refractivity contribution in [2.75, 3.05) is 0 Å². The van der Waals surface area contributed by atoms with E-state index in [4.69, 9.17) is 4.74 Å². The van der Waals surface area contributed by atoms with Crippen molar-refractivity contribution in [3.8, 4) is 0 Å². The minimum atomic E-state index is -0.0383. The van der Waals surface area contributed by atoms with E-state index >= 15 is 0 Å². The number of Topliss-reactive ketones (excluding diaryl/α,β-unsaturated/α-hetero) is 1. The molecule has 1 aliphatic rings. The molecule has 0 fully saturated rings. The molecule has 0 spiro atoms. The van der Waals surface area contributed by atoms with E-state index in [-0.39, 0.29) is 11.9 Å².